The van der Waals surface area contributed by atoms with Crippen molar-refractivity contribution in [2.24, 2.45) is 7.05 Å². The van der Waals surface area contributed by atoms with Crippen LogP contribution in [-0.2, 0) is 7.05 Å². The molecule has 84 valence electrons. The number of para-hydroxylation sites is 1. The van der Waals surface area contributed by atoms with Gasteiger partial charge in [0.1, 0.15) is 0 Å². The molecule has 1 aromatic carbocycles. The summed E-state index contributed by atoms with van der Waals surface area (Å²) in [4.78, 5) is 4.19. The van der Waals surface area contributed by atoms with Gasteiger partial charge >= 0.3 is 0 Å². The molecule has 5 heteroatoms. The van der Waals surface area contributed by atoms with Crippen LogP contribution in [0.5, 0.6) is 0 Å². The van der Waals surface area contributed by atoms with Gasteiger partial charge in [-0.2, -0.15) is 5.10 Å². The molecule has 3 rings (SSSR count). The highest BCUT2D eigenvalue weighted by Crippen LogP contribution is 2.28. The van der Waals surface area contributed by atoms with Crippen LogP contribution in [-0.4, -0.2) is 19.7 Å². The van der Waals surface area contributed by atoms with E-state index in [2.05, 4.69) is 31.9 Å². The minimum atomic E-state index is 0.162. The van der Waals surface area contributed by atoms with Crippen molar-refractivity contribution in [3.05, 3.63) is 41.9 Å². The van der Waals surface area contributed by atoms with Crippen molar-refractivity contribution >= 4 is 22.5 Å². The summed E-state index contributed by atoms with van der Waals surface area (Å²) in [5.74, 6) is 0. The Morgan fingerprint density at radius 1 is 1.24 bits per heavy atom. The summed E-state index contributed by atoms with van der Waals surface area (Å²) in [6, 6.07) is 8.13. The third kappa shape index (κ3) is 1.66. The van der Waals surface area contributed by atoms with Crippen LogP contribution in [0.15, 0.2) is 36.7 Å². The van der Waals surface area contributed by atoms with Gasteiger partial charge in [0.05, 0.1) is 11.9 Å². The van der Waals surface area contributed by atoms with Gasteiger partial charge in [-0.15, -0.1) is 5.10 Å². The lowest BCUT2D eigenvalue weighted by atomic mass is 10.1. The second-order valence-electron chi connectivity index (χ2n) is 3.78. The Morgan fingerprint density at radius 3 is 2.88 bits per heavy atom. The Kier molecular flexibility index (Phi) is 2.30. The van der Waals surface area contributed by atoms with Crippen molar-refractivity contribution < 1.29 is 0 Å². The molecule has 0 amide bonds. The van der Waals surface area contributed by atoms with E-state index in [1.807, 2.05) is 25.4 Å². The quantitative estimate of drug-likeness (QED) is 0.661. The number of hydrogen-bond donors (Lipinski definition) is 0. The van der Waals surface area contributed by atoms with Gasteiger partial charge in [-0.25, -0.2) is 4.98 Å². The fourth-order valence-corrected chi connectivity index (χ4v) is 2.09. The zero-order valence-corrected chi connectivity index (χ0v) is 9.89. The predicted octanol–water partition coefficient (Wildman–Crippen LogP) is 2.68. The van der Waals surface area contributed by atoms with E-state index in [9.17, 15) is 0 Å². The smallest absolute Gasteiger partial charge is 0.243 e. The molecule has 17 heavy (non-hydrogen) atoms. The molecule has 0 aliphatic carbocycles. The average Bonchev–Trinajstić information content (AvgIpc) is 2.68. The zero-order chi connectivity index (χ0) is 11.8. The maximum Gasteiger partial charge on any atom is 0.243 e. The molecule has 3 aromatic rings. The predicted molar refractivity (Wildman–Crippen MR) is 66.8 cm³/mol. The lowest BCUT2D eigenvalue weighted by molar-refractivity contribution is 0.959. The summed E-state index contributed by atoms with van der Waals surface area (Å²) < 4.78 is 2.06. The normalized spacial score (nSPS) is 10.9. The maximum absolute atomic E-state index is 5.76. The van der Waals surface area contributed by atoms with Gasteiger partial charge in [-0.05, 0) is 17.7 Å². The molecule has 0 aliphatic heterocycles. The van der Waals surface area contributed by atoms with Gasteiger partial charge in [0, 0.05) is 29.7 Å². The highest BCUT2D eigenvalue weighted by atomic mass is 35.5. The first-order valence-corrected chi connectivity index (χ1v) is 5.53. The topological polar surface area (TPSA) is 43.6 Å². The Bertz CT molecular complexity index is 690. The minimum absolute atomic E-state index is 0.162. The summed E-state index contributed by atoms with van der Waals surface area (Å²) in [6.45, 7) is 0. The number of rotatable bonds is 1. The number of halogens is 1. The fourth-order valence-electron chi connectivity index (χ4n) is 1.96. The van der Waals surface area contributed by atoms with Crippen LogP contribution in [0, 0.1) is 0 Å². The Balaban J connectivity index is 2.31. The summed E-state index contributed by atoms with van der Waals surface area (Å²) in [7, 11) is 2.00. The zero-order valence-electron chi connectivity index (χ0n) is 9.13. The number of aryl methyl sites for hydroxylation is 1. The molecule has 2 heterocycles. The van der Waals surface area contributed by atoms with E-state index in [1.165, 1.54) is 0 Å². The monoisotopic (exact) mass is 244 g/mol. The first-order valence-electron chi connectivity index (χ1n) is 5.15. The van der Waals surface area contributed by atoms with Crippen LogP contribution in [0.1, 0.15) is 0 Å². The number of hydrogen-bond acceptors (Lipinski definition) is 3. The molecule has 0 spiro atoms. The molecular formula is C12H9ClN4. The summed E-state index contributed by atoms with van der Waals surface area (Å²) in [5, 5.41) is 8.77. The summed E-state index contributed by atoms with van der Waals surface area (Å²) in [6.07, 6.45) is 3.64. The fraction of sp³-hybridized carbons (Fsp3) is 0.0833. The molecule has 2 aromatic heterocycles. The molecule has 0 aliphatic rings. The standard InChI is InChI=1S/C12H9ClN4/c1-17-7-9(8-4-2-3-5-11(8)17)10-6-14-16-12(13)15-10/h2-7H,1H3. The van der Waals surface area contributed by atoms with Crippen LogP contribution in [0.4, 0.5) is 0 Å². The van der Waals surface area contributed by atoms with Crippen molar-refractivity contribution in [2.75, 3.05) is 0 Å². The second kappa shape index (κ2) is 3.82. The van der Waals surface area contributed by atoms with Crippen molar-refractivity contribution in [3.63, 3.8) is 0 Å². The van der Waals surface area contributed by atoms with E-state index in [0.29, 0.717) is 0 Å². The van der Waals surface area contributed by atoms with Crippen molar-refractivity contribution in [3.8, 4) is 11.3 Å². The van der Waals surface area contributed by atoms with Gasteiger partial charge in [0.15, 0.2) is 0 Å². The third-order valence-corrected chi connectivity index (χ3v) is 2.87. The van der Waals surface area contributed by atoms with Crippen molar-refractivity contribution in [1.29, 1.82) is 0 Å². The molecule has 0 fully saturated rings. The first-order chi connectivity index (χ1) is 8.25. The van der Waals surface area contributed by atoms with E-state index < -0.39 is 0 Å². The maximum atomic E-state index is 5.76. The molecule has 0 unspecified atom stereocenters. The van der Waals surface area contributed by atoms with Gasteiger partial charge in [-0.3, -0.25) is 0 Å². The van der Waals surface area contributed by atoms with E-state index in [1.54, 1.807) is 6.20 Å². The van der Waals surface area contributed by atoms with Crippen LogP contribution in [0.2, 0.25) is 5.28 Å². The van der Waals surface area contributed by atoms with Gasteiger partial charge < -0.3 is 4.57 Å². The summed E-state index contributed by atoms with van der Waals surface area (Å²) >= 11 is 5.76. The number of aromatic nitrogens is 4. The lowest BCUT2D eigenvalue weighted by Gasteiger charge is -1.97. The highest BCUT2D eigenvalue weighted by Gasteiger charge is 2.10. The summed E-state index contributed by atoms with van der Waals surface area (Å²) in [5.41, 5.74) is 2.90. The molecule has 4 nitrogen and oxygen atoms in total. The van der Waals surface area contributed by atoms with E-state index in [0.717, 1.165) is 22.2 Å². The number of fused-ring (bicyclic) bond motifs is 1. The Morgan fingerprint density at radius 2 is 2.06 bits per heavy atom. The molecule has 0 saturated heterocycles. The molecule has 0 atom stereocenters. The highest BCUT2D eigenvalue weighted by molar-refractivity contribution is 6.28. The molecule has 0 N–H and O–H groups in total. The average molecular weight is 245 g/mol. The lowest BCUT2D eigenvalue weighted by Crippen LogP contribution is -1.89. The number of benzene rings is 1. The van der Waals surface area contributed by atoms with Crippen molar-refractivity contribution in [2.45, 2.75) is 0 Å². The van der Waals surface area contributed by atoms with E-state index in [-0.39, 0.29) is 5.28 Å². The van der Waals surface area contributed by atoms with Crippen LogP contribution < -0.4 is 0 Å². The third-order valence-electron chi connectivity index (χ3n) is 2.71. The van der Waals surface area contributed by atoms with E-state index in [4.69, 9.17) is 11.6 Å². The molecule has 0 saturated carbocycles. The van der Waals surface area contributed by atoms with E-state index >= 15 is 0 Å². The molecular weight excluding hydrogens is 236 g/mol. The largest absolute Gasteiger partial charge is 0.350 e. The van der Waals surface area contributed by atoms with Crippen LogP contribution >= 0.6 is 11.6 Å². The van der Waals surface area contributed by atoms with Crippen LogP contribution in [0.25, 0.3) is 22.2 Å². The molecule has 0 radical (unpaired) electrons. The Labute approximate surface area is 103 Å². The second-order valence-corrected chi connectivity index (χ2v) is 4.12. The van der Waals surface area contributed by atoms with Crippen molar-refractivity contribution in [1.82, 2.24) is 19.7 Å². The SMILES string of the molecule is Cn1cc(-c2cnnc(Cl)n2)c2ccccc21. The van der Waals surface area contributed by atoms with Gasteiger partial charge in [-0.1, -0.05) is 18.2 Å². The first kappa shape index (κ1) is 10.2. The van der Waals surface area contributed by atoms with Gasteiger partial charge in [0.25, 0.3) is 0 Å². The number of nitrogens with zero attached hydrogens (tertiary/aromatic N) is 4. The van der Waals surface area contributed by atoms with Crippen LogP contribution in [0.3, 0.4) is 0 Å². The molecule has 0 bridgehead atoms. The minimum Gasteiger partial charge on any atom is -0.350 e. The van der Waals surface area contributed by atoms with Gasteiger partial charge in [0.2, 0.25) is 5.28 Å². The Hall–Kier alpha value is -1.94.